The van der Waals surface area contributed by atoms with Crippen LogP contribution in [0.2, 0.25) is 0 Å². The van der Waals surface area contributed by atoms with Crippen molar-refractivity contribution in [2.24, 2.45) is 0 Å². The lowest BCUT2D eigenvalue weighted by molar-refractivity contribution is 0.768. The van der Waals surface area contributed by atoms with E-state index in [-0.39, 0.29) is 5.41 Å². The van der Waals surface area contributed by atoms with Crippen molar-refractivity contribution in [3.63, 3.8) is 0 Å². The Morgan fingerprint density at radius 1 is 0.438 bits per heavy atom. The molecule has 224 valence electrons. The molecule has 0 atom stereocenters. The average molecular weight is 628 g/mol. The summed E-state index contributed by atoms with van der Waals surface area (Å²) in [4.78, 5) is 5.23. The highest BCUT2D eigenvalue weighted by Gasteiger charge is 2.45. The molecule has 48 heavy (non-hydrogen) atoms. The van der Waals surface area contributed by atoms with Crippen LogP contribution >= 0.6 is 11.3 Å². The number of hydrogen-bond acceptors (Lipinski definition) is 2. The lowest BCUT2D eigenvalue weighted by Gasteiger charge is -2.33. The minimum absolute atomic E-state index is 0.381. The molecule has 1 nitrogen and oxygen atoms in total. The van der Waals surface area contributed by atoms with Crippen LogP contribution in [0.1, 0.15) is 22.3 Å². The molecule has 0 radical (unpaired) electrons. The van der Waals surface area contributed by atoms with Gasteiger partial charge in [0.05, 0.1) is 21.3 Å². The van der Waals surface area contributed by atoms with Gasteiger partial charge >= 0.3 is 0 Å². The largest absolute Gasteiger partial charge is 0.246 e. The van der Waals surface area contributed by atoms with E-state index >= 15 is 0 Å². The van der Waals surface area contributed by atoms with Crippen molar-refractivity contribution in [2.45, 2.75) is 5.41 Å². The number of para-hydroxylation sites is 1. The molecule has 10 rings (SSSR count). The maximum Gasteiger partial charge on any atom is 0.0888 e. The van der Waals surface area contributed by atoms with Crippen molar-refractivity contribution in [3.8, 4) is 33.5 Å². The highest BCUT2D eigenvalue weighted by Crippen LogP contribution is 2.56. The van der Waals surface area contributed by atoms with E-state index in [9.17, 15) is 0 Å². The van der Waals surface area contributed by atoms with E-state index in [1.165, 1.54) is 70.1 Å². The third-order valence-corrected chi connectivity index (χ3v) is 11.3. The van der Waals surface area contributed by atoms with Crippen LogP contribution in [0.3, 0.4) is 0 Å². The van der Waals surface area contributed by atoms with Crippen LogP contribution in [0, 0.1) is 0 Å². The summed E-state index contributed by atoms with van der Waals surface area (Å²) in [7, 11) is 0. The molecule has 0 saturated carbocycles. The Kier molecular flexibility index (Phi) is 6.03. The molecule has 1 aliphatic carbocycles. The number of benzene rings is 7. The first-order chi connectivity index (χ1) is 23.8. The second-order valence-electron chi connectivity index (χ2n) is 12.6. The van der Waals surface area contributed by atoms with Gasteiger partial charge in [0.15, 0.2) is 0 Å². The third-order valence-electron chi connectivity index (χ3n) is 10.2. The molecule has 0 N–H and O–H groups in total. The van der Waals surface area contributed by atoms with Crippen molar-refractivity contribution >= 4 is 42.4 Å². The SMILES string of the molecule is c1ccc(C2(c3ccccc3)c3ccccc3-c3cc(-c4ccc(-c5nc6ccccc6c6c5sc5ccccc56)cc4)ccc32)cc1. The molecule has 0 unspecified atom stereocenters. The summed E-state index contributed by atoms with van der Waals surface area (Å²) in [6, 6.07) is 64.2. The fourth-order valence-electron chi connectivity index (χ4n) is 8.08. The fraction of sp³-hybridized carbons (Fsp3) is 0.0217. The van der Waals surface area contributed by atoms with Crippen LogP contribution in [-0.2, 0) is 5.41 Å². The van der Waals surface area contributed by atoms with Crippen molar-refractivity contribution in [2.75, 3.05) is 0 Å². The lowest BCUT2D eigenvalue weighted by atomic mass is 9.67. The molecule has 0 spiro atoms. The number of fused-ring (bicyclic) bond motifs is 8. The first kappa shape index (κ1) is 27.3. The highest BCUT2D eigenvalue weighted by atomic mass is 32.1. The predicted octanol–water partition coefficient (Wildman–Crippen LogP) is 12.3. The van der Waals surface area contributed by atoms with Gasteiger partial charge in [0, 0.05) is 26.4 Å². The number of rotatable bonds is 4. The number of aromatic nitrogens is 1. The van der Waals surface area contributed by atoms with E-state index in [1.54, 1.807) is 0 Å². The molecule has 7 aromatic carbocycles. The van der Waals surface area contributed by atoms with Gasteiger partial charge in [0.25, 0.3) is 0 Å². The van der Waals surface area contributed by atoms with Crippen molar-refractivity contribution in [1.29, 1.82) is 0 Å². The fourth-order valence-corrected chi connectivity index (χ4v) is 9.31. The zero-order chi connectivity index (χ0) is 31.7. The normalized spacial score (nSPS) is 13.2. The van der Waals surface area contributed by atoms with Gasteiger partial charge in [-0.3, -0.25) is 0 Å². The second kappa shape index (κ2) is 10.6. The Morgan fingerprint density at radius 2 is 1.02 bits per heavy atom. The van der Waals surface area contributed by atoms with Gasteiger partial charge in [-0.15, -0.1) is 11.3 Å². The van der Waals surface area contributed by atoms with Gasteiger partial charge in [-0.1, -0.05) is 158 Å². The molecule has 0 fully saturated rings. The van der Waals surface area contributed by atoms with Crippen LogP contribution in [0.5, 0.6) is 0 Å². The Hall–Kier alpha value is -5.83. The van der Waals surface area contributed by atoms with Crippen molar-refractivity contribution in [1.82, 2.24) is 4.98 Å². The molecular formula is C46H29NS. The maximum atomic E-state index is 5.23. The molecule has 2 aromatic heterocycles. The van der Waals surface area contributed by atoms with Crippen LogP contribution in [0.25, 0.3) is 64.6 Å². The van der Waals surface area contributed by atoms with E-state index in [0.717, 1.165) is 16.8 Å². The summed E-state index contributed by atoms with van der Waals surface area (Å²) in [5.74, 6) is 0. The Morgan fingerprint density at radius 3 is 1.79 bits per heavy atom. The summed E-state index contributed by atoms with van der Waals surface area (Å²) >= 11 is 1.84. The number of pyridine rings is 1. The maximum absolute atomic E-state index is 5.23. The van der Waals surface area contributed by atoms with Crippen LogP contribution in [0.4, 0.5) is 0 Å². The van der Waals surface area contributed by atoms with E-state index in [1.807, 2.05) is 11.3 Å². The third kappa shape index (κ3) is 3.87. The molecule has 0 amide bonds. The number of thiophene rings is 1. The summed E-state index contributed by atoms with van der Waals surface area (Å²) in [6.45, 7) is 0. The van der Waals surface area contributed by atoms with E-state index in [2.05, 4.69) is 176 Å². The molecule has 0 aliphatic heterocycles. The topological polar surface area (TPSA) is 12.9 Å². The smallest absolute Gasteiger partial charge is 0.0888 e. The first-order valence-electron chi connectivity index (χ1n) is 16.5. The first-order valence-corrected chi connectivity index (χ1v) is 17.3. The predicted molar refractivity (Wildman–Crippen MR) is 203 cm³/mol. The van der Waals surface area contributed by atoms with Gasteiger partial charge in [-0.05, 0) is 62.7 Å². The van der Waals surface area contributed by atoms with Crippen LogP contribution < -0.4 is 0 Å². The monoisotopic (exact) mass is 627 g/mol. The van der Waals surface area contributed by atoms with E-state index in [0.29, 0.717) is 0 Å². The molecule has 2 heterocycles. The number of hydrogen-bond donors (Lipinski definition) is 0. The minimum atomic E-state index is -0.381. The van der Waals surface area contributed by atoms with Gasteiger partial charge < -0.3 is 0 Å². The average Bonchev–Trinajstić information content (AvgIpc) is 3.70. The summed E-state index contributed by atoms with van der Waals surface area (Å²) in [5.41, 5.74) is 13.1. The summed E-state index contributed by atoms with van der Waals surface area (Å²) < 4.78 is 2.54. The van der Waals surface area contributed by atoms with Crippen molar-refractivity contribution in [3.05, 3.63) is 198 Å². The van der Waals surface area contributed by atoms with Gasteiger partial charge in [-0.2, -0.15) is 0 Å². The zero-order valence-corrected chi connectivity index (χ0v) is 26.9. The molecule has 1 aliphatic rings. The van der Waals surface area contributed by atoms with E-state index < -0.39 is 0 Å². The van der Waals surface area contributed by atoms with Gasteiger partial charge in [0.2, 0.25) is 0 Å². The molecule has 0 bridgehead atoms. The number of nitrogens with zero attached hydrogens (tertiary/aromatic N) is 1. The van der Waals surface area contributed by atoms with E-state index in [4.69, 9.17) is 4.98 Å². The zero-order valence-electron chi connectivity index (χ0n) is 26.1. The van der Waals surface area contributed by atoms with Gasteiger partial charge in [-0.25, -0.2) is 4.98 Å². The molecule has 2 heteroatoms. The standard InChI is InChI=1S/C46H29NS/c1-3-13-33(14-4-1)46(34-15-5-2-6-16-34)39-20-10-7-17-35(39)38-29-32(27-28-40(38)46)30-23-25-31(26-24-30)44-45-43(36-18-8-11-21-41(36)47-44)37-19-9-12-22-42(37)48-45/h1-29H. The minimum Gasteiger partial charge on any atom is -0.246 e. The Balaban J connectivity index is 1.13. The molecule has 0 saturated heterocycles. The summed E-state index contributed by atoms with van der Waals surface area (Å²) in [6.07, 6.45) is 0. The van der Waals surface area contributed by atoms with Crippen molar-refractivity contribution < 1.29 is 0 Å². The lowest BCUT2D eigenvalue weighted by Crippen LogP contribution is -2.28. The Bertz CT molecular complexity index is 2610. The van der Waals surface area contributed by atoms with Gasteiger partial charge in [0.1, 0.15) is 0 Å². The summed E-state index contributed by atoms with van der Waals surface area (Å²) in [5, 5.41) is 3.82. The molecular weight excluding hydrogens is 599 g/mol. The molecule has 9 aromatic rings. The van der Waals surface area contributed by atoms with Crippen LogP contribution in [0.15, 0.2) is 176 Å². The second-order valence-corrected chi connectivity index (χ2v) is 13.7. The highest BCUT2D eigenvalue weighted by molar-refractivity contribution is 7.26. The Labute approximate surface area is 283 Å². The quantitative estimate of drug-likeness (QED) is 0.189. The van der Waals surface area contributed by atoms with Crippen LogP contribution in [-0.4, -0.2) is 4.98 Å².